The smallest absolute Gasteiger partial charge is 0.185 e. The van der Waals surface area contributed by atoms with Gasteiger partial charge in [-0.15, -0.1) is 0 Å². The summed E-state index contributed by atoms with van der Waals surface area (Å²) in [6.45, 7) is 5.41. The van der Waals surface area contributed by atoms with Crippen LogP contribution in [0, 0.1) is 0 Å². The number of hydrogen-bond acceptors (Lipinski definition) is 4. The van der Waals surface area contributed by atoms with Gasteiger partial charge in [0, 0.05) is 25.4 Å². The first-order valence-corrected chi connectivity index (χ1v) is 5.92. The van der Waals surface area contributed by atoms with Gasteiger partial charge in [-0.2, -0.15) is 5.10 Å². The van der Waals surface area contributed by atoms with Crippen LogP contribution in [0.2, 0.25) is 0 Å². The molecule has 0 aliphatic rings. The number of nitrogens with one attached hydrogen (secondary N) is 1. The Bertz CT molecular complexity index is 261. The Kier molecular flexibility index (Phi) is 4.97. The Labute approximate surface area is 89.5 Å². The van der Waals surface area contributed by atoms with Crippen LogP contribution in [0.3, 0.4) is 0 Å². The molecule has 0 saturated heterocycles. The molecule has 0 radical (unpaired) electrons. The second-order valence-corrected chi connectivity index (χ2v) is 4.34. The first kappa shape index (κ1) is 11.5. The monoisotopic (exact) mass is 214 g/mol. The van der Waals surface area contributed by atoms with Crippen LogP contribution in [0.25, 0.3) is 0 Å². The molecule has 80 valence electrons. The van der Waals surface area contributed by atoms with Crippen molar-refractivity contribution in [1.82, 2.24) is 20.1 Å². The van der Waals surface area contributed by atoms with E-state index in [0.29, 0.717) is 6.04 Å². The lowest BCUT2D eigenvalue weighted by Gasteiger charge is -2.09. The first-order chi connectivity index (χ1) is 6.74. The SMILES string of the molecule is CCC(C)NCCSc1ncnn1C. The van der Waals surface area contributed by atoms with Gasteiger partial charge < -0.3 is 5.32 Å². The molecule has 14 heavy (non-hydrogen) atoms. The topological polar surface area (TPSA) is 42.7 Å². The second-order valence-electron chi connectivity index (χ2n) is 3.28. The van der Waals surface area contributed by atoms with Crippen LogP contribution in [-0.4, -0.2) is 33.1 Å². The van der Waals surface area contributed by atoms with Crippen molar-refractivity contribution >= 4 is 11.8 Å². The normalized spacial score (nSPS) is 13.1. The molecule has 1 aromatic heterocycles. The quantitative estimate of drug-likeness (QED) is 0.572. The lowest BCUT2D eigenvalue weighted by molar-refractivity contribution is 0.555. The molecular weight excluding hydrogens is 196 g/mol. The molecule has 0 aromatic carbocycles. The number of nitrogens with zero attached hydrogens (tertiary/aromatic N) is 3. The molecule has 4 nitrogen and oxygen atoms in total. The molecule has 0 saturated carbocycles. The summed E-state index contributed by atoms with van der Waals surface area (Å²) in [5.74, 6) is 1.04. The van der Waals surface area contributed by atoms with E-state index in [1.807, 2.05) is 7.05 Å². The van der Waals surface area contributed by atoms with Crippen LogP contribution in [0.1, 0.15) is 20.3 Å². The van der Waals surface area contributed by atoms with Crippen molar-refractivity contribution in [2.24, 2.45) is 7.05 Å². The van der Waals surface area contributed by atoms with Crippen LogP contribution in [0.5, 0.6) is 0 Å². The molecule has 0 amide bonds. The minimum absolute atomic E-state index is 0.607. The van der Waals surface area contributed by atoms with Crippen LogP contribution in [0.15, 0.2) is 11.5 Å². The Morgan fingerprint density at radius 3 is 3.00 bits per heavy atom. The van der Waals surface area contributed by atoms with Gasteiger partial charge in [0.15, 0.2) is 5.16 Å². The van der Waals surface area contributed by atoms with Gasteiger partial charge in [0.2, 0.25) is 0 Å². The van der Waals surface area contributed by atoms with Crippen LogP contribution < -0.4 is 5.32 Å². The highest BCUT2D eigenvalue weighted by Crippen LogP contribution is 2.11. The van der Waals surface area contributed by atoms with Gasteiger partial charge in [-0.25, -0.2) is 9.67 Å². The van der Waals surface area contributed by atoms with Gasteiger partial charge >= 0.3 is 0 Å². The maximum Gasteiger partial charge on any atom is 0.185 e. The Balaban J connectivity index is 2.13. The van der Waals surface area contributed by atoms with Gasteiger partial charge in [0.1, 0.15) is 6.33 Å². The molecule has 1 rings (SSSR count). The molecule has 5 heteroatoms. The van der Waals surface area contributed by atoms with E-state index in [-0.39, 0.29) is 0 Å². The summed E-state index contributed by atoms with van der Waals surface area (Å²) in [4.78, 5) is 4.14. The van der Waals surface area contributed by atoms with E-state index < -0.39 is 0 Å². The molecule has 1 aromatic rings. The van der Waals surface area contributed by atoms with Crippen molar-refractivity contribution in [1.29, 1.82) is 0 Å². The molecule has 0 bridgehead atoms. The Morgan fingerprint density at radius 1 is 1.64 bits per heavy atom. The molecule has 0 spiro atoms. The fourth-order valence-corrected chi connectivity index (χ4v) is 1.77. The molecule has 1 heterocycles. The van der Waals surface area contributed by atoms with Crippen LogP contribution in [-0.2, 0) is 7.05 Å². The fourth-order valence-electron chi connectivity index (χ4n) is 1.01. The summed E-state index contributed by atoms with van der Waals surface area (Å²) < 4.78 is 1.80. The average molecular weight is 214 g/mol. The summed E-state index contributed by atoms with van der Waals surface area (Å²) in [5.41, 5.74) is 0. The van der Waals surface area contributed by atoms with E-state index in [4.69, 9.17) is 0 Å². The first-order valence-electron chi connectivity index (χ1n) is 4.94. The van der Waals surface area contributed by atoms with E-state index in [1.165, 1.54) is 6.42 Å². The summed E-state index contributed by atoms with van der Waals surface area (Å²) in [6.07, 6.45) is 2.76. The number of hydrogen-bond donors (Lipinski definition) is 1. The molecular formula is C9H18N4S. The minimum atomic E-state index is 0.607. The largest absolute Gasteiger partial charge is 0.313 e. The lowest BCUT2D eigenvalue weighted by atomic mass is 10.3. The van der Waals surface area contributed by atoms with E-state index in [1.54, 1.807) is 22.8 Å². The zero-order valence-corrected chi connectivity index (χ0v) is 9.84. The summed E-state index contributed by atoms with van der Waals surface area (Å²) >= 11 is 1.73. The van der Waals surface area contributed by atoms with E-state index >= 15 is 0 Å². The minimum Gasteiger partial charge on any atom is -0.313 e. The van der Waals surface area contributed by atoms with E-state index in [2.05, 4.69) is 29.2 Å². The predicted octanol–water partition coefficient (Wildman–Crippen LogP) is 1.30. The highest BCUT2D eigenvalue weighted by Gasteiger charge is 2.01. The Morgan fingerprint density at radius 2 is 2.43 bits per heavy atom. The molecule has 1 N–H and O–H groups in total. The van der Waals surface area contributed by atoms with Gasteiger partial charge in [-0.1, -0.05) is 18.7 Å². The second kappa shape index (κ2) is 6.03. The molecule has 0 aliphatic heterocycles. The van der Waals surface area contributed by atoms with Crippen molar-refractivity contribution in [2.45, 2.75) is 31.5 Å². The molecule has 0 aliphatic carbocycles. The third-order valence-corrected chi connectivity index (χ3v) is 3.14. The van der Waals surface area contributed by atoms with Crippen LogP contribution >= 0.6 is 11.8 Å². The molecule has 0 fully saturated rings. The number of thioether (sulfide) groups is 1. The van der Waals surface area contributed by atoms with Crippen LogP contribution in [0.4, 0.5) is 0 Å². The van der Waals surface area contributed by atoms with E-state index in [0.717, 1.165) is 17.5 Å². The van der Waals surface area contributed by atoms with Crippen molar-refractivity contribution in [2.75, 3.05) is 12.3 Å². The van der Waals surface area contributed by atoms with Crippen molar-refractivity contribution in [3.8, 4) is 0 Å². The standard InChI is InChI=1S/C9H18N4S/c1-4-8(2)10-5-6-14-9-11-7-12-13(9)3/h7-8,10H,4-6H2,1-3H3. The summed E-state index contributed by atoms with van der Waals surface area (Å²) in [7, 11) is 1.91. The number of rotatable bonds is 6. The third kappa shape index (κ3) is 3.67. The molecule has 1 atom stereocenters. The lowest BCUT2D eigenvalue weighted by Crippen LogP contribution is -2.27. The predicted molar refractivity (Wildman–Crippen MR) is 59.5 cm³/mol. The maximum atomic E-state index is 4.14. The zero-order valence-electron chi connectivity index (χ0n) is 9.03. The van der Waals surface area contributed by atoms with Crippen molar-refractivity contribution < 1.29 is 0 Å². The Hall–Kier alpha value is -0.550. The highest BCUT2D eigenvalue weighted by atomic mass is 32.2. The van der Waals surface area contributed by atoms with Crippen molar-refractivity contribution in [3.05, 3.63) is 6.33 Å². The van der Waals surface area contributed by atoms with Gasteiger partial charge in [-0.3, -0.25) is 0 Å². The van der Waals surface area contributed by atoms with Gasteiger partial charge in [0.05, 0.1) is 0 Å². The number of aromatic nitrogens is 3. The zero-order chi connectivity index (χ0) is 10.4. The maximum absolute atomic E-state index is 4.14. The number of aryl methyl sites for hydroxylation is 1. The average Bonchev–Trinajstić information content (AvgIpc) is 2.58. The summed E-state index contributed by atoms with van der Waals surface area (Å²) in [5, 5.41) is 8.43. The fraction of sp³-hybridized carbons (Fsp3) is 0.778. The van der Waals surface area contributed by atoms with E-state index in [9.17, 15) is 0 Å². The van der Waals surface area contributed by atoms with Gasteiger partial charge in [0.25, 0.3) is 0 Å². The molecule has 1 unspecified atom stereocenters. The van der Waals surface area contributed by atoms with Gasteiger partial charge in [-0.05, 0) is 13.3 Å². The summed E-state index contributed by atoms with van der Waals surface area (Å²) in [6, 6.07) is 0.607. The van der Waals surface area contributed by atoms with Crippen molar-refractivity contribution in [3.63, 3.8) is 0 Å². The highest BCUT2D eigenvalue weighted by molar-refractivity contribution is 7.99. The third-order valence-electron chi connectivity index (χ3n) is 2.11.